The third-order valence-corrected chi connectivity index (χ3v) is 8.15. The smallest absolute Gasteiger partial charge is 0.228 e. The number of carbonyl (C=O) groups excluding carboxylic acids is 1. The van der Waals surface area contributed by atoms with Crippen LogP contribution < -0.4 is 5.32 Å². The Hall–Kier alpha value is -1.35. The van der Waals surface area contributed by atoms with Gasteiger partial charge in [0.15, 0.2) is 0 Å². The van der Waals surface area contributed by atoms with E-state index in [4.69, 9.17) is 0 Å². The van der Waals surface area contributed by atoms with E-state index in [1.54, 1.807) is 0 Å². The van der Waals surface area contributed by atoms with Gasteiger partial charge in [0.2, 0.25) is 5.91 Å². The monoisotopic (exact) mass is 366 g/mol. The molecular weight excluding hydrogens is 332 g/mol. The standard InChI is InChI=1S/C24H34N2O/c1-16-15-26(21-8-6-17-4-2-3-5-18(17)13-21)11-10-22(16)19-7-9-23-20(12-19)14-24(27)25-23/h7,9,12,16-18,21-22H,2-6,8,10-11,13-15H2,1H3,(H,25,27). The van der Waals surface area contributed by atoms with Crippen molar-refractivity contribution in [1.29, 1.82) is 0 Å². The van der Waals surface area contributed by atoms with E-state index in [1.807, 2.05) is 0 Å². The number of piperidine rings is 1. The van der Waals surface area contributed by atoms with E-state index in [0.29, 0.717) is 18.3 Å². The van der Waals surface area contributed by atoms with Gasteiger partial charge in [0.25, 0.3) is 0 Å². The van der Waals surface area contributed by atoms with Crippen molar-refractivity contribution in [3.8, 4) is 0 Å². The van der Waals surface area contributed by atoms with Crippen molar-refractivity contribution >= 4 is 11.6 Å². The number of fused-ring (bicyclic) bond motifs is 2. The van der Waals surface area contributed by atoms with Gasteiger partial charge >= 0.3 is 0 Å². The van der Waals surface area contributed by atoms with Crippen molar-refractivity contribution in [3.05, 3.63) is 29.3 Å². The summed E-state index contributed by atoms with van der Waals surface area (Å²) in [4.78, 5) is 14.5. The van der Waals surface area contributed by atoms with Gasteiger partial charge in [-0.1, -0.05) is 44.7 Å². The van der Waals surface area contributed by atoms with Crippen LogP contribution in [0.3, 0.4) is 0 Å². The zero-order chi connectivity index (χ0) is 18.4. The number of amides is 1. The van der Waals surface area contributed by atoms with Crippen molar-refractivity contribution in [2.45, 2.75) is 76.7 Å². The fourth-order valence-electron chi connectivity index (χ4n) is 6.66. The Bertz CT molecular complexity index is 714. The van der Waals surface area contributed by atoms with Gasteiger partial charge < -0.3 is 10.2 Å². The first-order valence-electron chi connectivity index (χ1n) is 11.3. The third kappa shape index (κ3) is 3.44. The third-order valence-electron chi connectivity index (χ3n) is 8.15. The van der Waals surface area contributed by atoms with Crippen LogP contribution in [0.25, 0.3) is 0 Å². The summed E-state index contributed by atoms with van der Waals surface area (Å²) in [5.74, 6) is 3.56. The SMILES string of the molecule is CC1CN(C2CCC3CCCCC3C2)CCC1c1ccc2c(c1)CC(=O)N2. The van der Waals surface area contributed by atoms with E-state index < -0.39 is 0 Å². The lowest BCUT2D eigenvalue weighted by Crippen LogP contribution is -2.47. The Morgan fingerprint density at radius 2 is 1.89 bits per heavy atom. The quantitative estimate of drug-likeness (QED) is 0.802. The summed E-state index contributed by atoms with van der Waals surface area (Å²) in [6.07, 6.45) is 12.2. The van der Waals surface area contributed by atoms with Crippen LogP contribution in [0.15, 0.2) is 18.2 Å². The van der Waals surface area contributed by atoms with E-state index in [1.165, 1.54) is 75.6 Å². The molecule has 1 aromatic carbocycles. The summed E-state index contributed by atoms with van der Waals surface area (Å²) < 4.78 is 0. The van der Waals surface area contributed by atoms with E-state index >= 15 is 0 Å². The number of likely N-dealkylation sites (tertiary alicyclic amines) is 1. The lowest BCUT2D eigenvalue weighted by molar-refractivity contribution is -0.115. The summed E-state index contributed by atoms with van der Waals surface area (Å²) in [6.45, 7) is 4.95. The highest BCUT2D eigenvalue weighted by atomic mass is 16.1. The van der Waals surface area contributed by atoms with Crippen LogP contribution in [0.4, 0.5) is 5.69 Å². The molecule has 27 heavy (non-hydrogen) atoms. The predicted octanol–water partition coefficient (Wildman–Crippen LogP) is 4.97. The molecule has 0 bridgehead atoms. The molecule has 5 unspecified atom stereocenters. The molecular formula is C24H34N2O. The maximum absolute atomic E-state index is 11.7. The molecule has 0 spiro atoms. The molecule has 2 aliphatic carbocycles. The molecule has 1 N–H and O–H groups in total. The Labute approximate surface area is 163 Å². The van der Waals surface area contributed by atoms with E-state index in [9.17, 15) is 4.79 Å². The second-order valence-electron chi connectivity index (χ2n) is 9.78. The Morgan fingerprint density at radius 3 is 2.74 bits per heavy atom. The first-order chi connectivity index (χ1) is 13.2. The molecule has 146 valence electrons. The number of anilines is 1. The number of rotatable bonds is 2. The van der Waals surface area contributed by atoms with Crippen LogP contribution in [0.1, 0.15) is 75.3 Å². The number of hydrogen-bond acceptors (Lipinski definition) is 2. The van der Waals surface area contributed by atoms with Gasteiger partial charge in [0.05, 0.1) is 6.42 Å². The average Bonchev–Trinajstić information content (AvgIpc) is 3.06. The topological polar surface area (TPSA) is 32.3 Å². The van der Waals surface area contributed by atoms with E-state index in [0.717, 1.165) is 23.6 Å². The van der Waals surface area contributed by atoms with Gasteiger partial charge in [-0.05, 0) is 73.1 Å². The Kier molecular flexibility index (Phi) is 4.75. The fraction of sp³-hybridized carbons (Fsp3) is 0.708. The maximum atomic E-state index is 11.7. The van der Waals surface area contributed by atoms with Gasteiger partial charge in [-0.3, -0.25) is 4.79 Å². The van der Waals surface area contributed by atoms with Crippen molar-refractivity contribution in [3.63, 3.8) is 0 Å². The Balaban J connectivity index is 1.23. The molecule has 3 nitrogen and oxygen atoms in total. The van der Waals surface area contributed by atoms with Gasteiger partial charge in [-0.2, -0.15) is 0 Å². The second kappa shape index (κ2) is 7.24. The highest BCUT2D eigenvalue weighted by Crippen LogP contribution is 2.43. The van der Waals surface area contributed by atoms with Crippen LogP contribution in [-0.2, 0) is 11.2 Å². The zero-order valence-electron chi connectivity index (χ0n) is 16.8. The molecule has 2 aliphatic heterocycles. The summed E-state index contributed by atoms with van der Waals surface area (Å²) in [5.41, 5.74) is 3.68. The van der Waals surface area contributed by atoms with Gasteiger partial charge in [0, 0.05) is 18.3 Å². The molecule has 3 fully saturated rings. The normalized spacial score (nSPS) is 36.8. The van der Waals surface area contributed by atoms with Crippen molar-refractivity contribution in [2.75, 3.05) is 18.4 Å². The number of nitrogens with zero attached hydrogens (tertiary/aromatic N) is 1. The molecule has 5 atom stereocenters. The summed E-state index contributed by atoms with van der Waals surface area (Å²) >= 11 is 0. The van der Waals surface area contributed by atoms with Crippen LogP contribution in [0.5, 0.6) is 0 Å². The van der Waals surface area contributed by atoms with Crippen molar-refractivity contribution in [2.24, 2.45) is 17.8 Å². The summed E-state index contributed by atoms with van der Waals surface area (Å²) in [7, 11) is 0. The maximum Gasteiger partial charge on any atom is 0.228 e. The fourth-order valence-corrected chi connectivity index (χ4v) is 6.66. The molecule has 1 amide bonds. The second-order valence-corrected chi connectivity index (χ2v) is 9.78. The zero-order valence-corrected chi connectivity index (χ0v) is 16.8. The molecule has 1 saturated heterocycles. The van der Waals surface area contributed by atoms with Crippen LogP contribution in [-0.4, -0.2) is 29.9 Å². The lowest BCUT2D eigenvalue weighted by atomic mass is 9.68. The first kappa shape index (κ1) is 17.7. The molecule has 0 radical (unpaired) electrons. The minimum Gasteiger partial charge on any atom is -0.326 e. The van der Waals surface area contributed by atoms with Gasteiger partial charge in [0.1, 0.15) is 0 Å². The highest BCUT2D eigenvalue weighted by Gasteiger charge is 2.37. The summed E-state index contributed by atoms with van der Waals surface area (Å²) in [5, 5.41) is 2.96. The van der Waals surface area contributed by atoms with Gasteiger partial charge in [-0.15, -0.1) is 0 Å². The van der Waals surface area contributed by atoms with E-state index in [-0.39, 0.29) is 5.91 Å². The molecule has 1 aromatic rings. The molecule has 0 aromatic heterocycles. The molecule has 3 heteroatoms. The van der Waals surface area contributed by atoms with Crippen LogP contribution in [0, 0.1) is 17.8 Å². The largest absolute Gasteiger partial charge is 0.326 e. The number of nitrogens with one attached hydrogen (secondary N) is 1. The van der Waals surface area contributed by atoms with Crippen molar-refractivity contribution in [1.82, 2.24) is 4.90 Å². The van der Waals surface area contributed by atoms with E-state index in [2.05, 4.69) is 35.3 Å². The van der Waals surface area contributed by atoms with Crippen LogP contribution in [0.2, 0.25) is 0 Å². The predicted molar refractivity (Wildman–Crippen MR) is 110 cm³/mol. The minimum absolute atomic E-state index is 0.142. The van der Waals surface area contributed by atoms with Gasteiger partial charge in [-0.25, -0.2) is 0 Å². The molecule has 4 aliphatic rings. The molecule has 2 heterocycles. The number of benzene rings is 1. The molecule has 2 saturated carbocycles. The molecule has 5 rings (SSSR count). The average molecular weight is 367 g/mol. The number of hydrogen-bond donors (Lipinski definition) is 1. The minimum atomic E-state index is 0.142. The summed E-state index contributed by atoms with van der Waals surface area (Å²) in [6, 6.07) is 7.53. The Morgan fingerprint density at radius 1 is 1.04 bits per heavy atom. The van der Waals surface area contributed by atoms with Crippen LogP contribution >= 0.6 is 0 Å². The first-order valence-corrected chi connectivity index (χ1v) is 11.3. The van der Waals surface area contributed by atoms with Crippen molar-refractivity contribution < 1.29 is 4.79 Å². The number of carbonyl (C=O) groups is 1. The lowest BCUT2D eigenvalue weighted by Gasteiger charge is -2.47. The highest BCUT2D eigenvalue weighted by molar-refractivity contribution is 5.99.